The predicted octanol–water partition coefficient (Wildman–Crippen LogP) is 4.36. The molecule has 6 nitrogen and oxygen atoms in total. The number of amides is 2. The van der Waals surface area contributed by atoms with E-state index in [0.717, 1.165) is 11.1 Å². The number of aromatic nitrogens is 2. The van der Waals surface area contributed by atoms with E-state index in [9.17, 15) is 14.0 Å². The second-order valence-corrected chi connectivity index (χ2v) is 8.91. The third-order valence-corrected chi connectivity index (χ3v) is 5.91. The fourth-order valence-electron chi connectivity index (χ4n) is 4.18. The summed E-state index contributed by atoms with van der Waals surface area (Å²) in [5.74, 6) is -0.454. The Morgan fingerprint density at radius 3 is 2.42 bits per heavy atom. The number of benzene rings is 2. The smallest absolute Gasteiger partial charge is 0.257 e. The second-order valence-electron chi connectivity index (χ2n) is 8.91. The van der Waals surface area contributed by atoms with Gasteiger partial charge in [-0.15, -0.1) is 0 Å². The molecular formula is C26H29FN4O2. The molecule has 0 radical (unpaired) electrons. The maximum atomic E-state index is 13.5. The number of carbonyl (C=O) groups is 2. The maximum Gasteiger partial charge on any atom is 0.257 e. The van der Waals surface area contributed by atoms with Gasteiger partial charge in [0.15, 0.2) is 0 Å². The van der Waals surface area contributed by atoms with Gasteiger partial charge in [-0.1, -0.05) is 23.8 Å². The summed E-state index contributed by atoms with van der Waals surface area (Å²) in [6.45, 7) is 6.92. The van der Waals surface area contributed by atoms with Crippen molar-refractivity contribution < 1.29 is 14.0 Å². The highest BCUT2D eigenvalue weighted by molar-refractivity contribution is 6.00. The zero-order valence-electron chi connectivity index (χ0n) is 19.2. The summed E-state index contributed by atoms with van der Waals surface area (Å²) in [6.07, 6.45) is 2.98. The number of aryl methyl sites for hydroxylation is 1. The van der Waals surface area contributed by atoms with E-state index in [1.165, 1.54) is 12.1 Å². The lowest BCUT2D eigenvalue weighted by atomic mass is 9.95. The fraction of sp³-hybridized carbons (Fsp3) is 0.346. The third-order valence-electron chi connectivity index (χ3n) is 5.91. The highest BCUT2D eigenvalue weighted by Crippen LogP contribution is 2.28. The Morgan fingerprint density at radius 2 is 1.79 bits per heavy atom. The third kappa shape index (κ3) is 5.13. The molecule has 1 aliphatic heterocycles. The highest BCUT2D eigenvalue weighted by atomic mass is 19.1. The van der Waals surface area contributed by atoms with Crippen LogP contribution in [0.4, 0.5) is 4.39 Å². The first-order valence-electron chi connectivity index (χ1n) is 11.3. The SMILES string of the molecule is Cc1cccc(-c2nn(-c3ccc(F)cc3)cc2C(=O)N2CCC(C(=O)NC(C)C)CC2)c1. The van der Waals surface area contributed by atoms with Crippen LogP contribution in [0.3, 0.4) is 0 Å². The van der Waals surface area contributed by atoms with Crippen LogP contribution >= 0.6 is 0 Å². The summed E-state index contributed by atoms with van der Waals surface area (Å²) >= 11 is 0. The van der Waals surface area contributed by atoms with E-state index in [1.54, 1.807) is 27.9 Å². The topological polar surface area (TPSA) is 67.2 Å². The molecule has 1 aromatic heterocycles. The van der Waals surface area contributed by atoms with E-state index < -0.39 is 0 Å². The number of nitrogens with zero attached hydrogens (tertiary/aromatic N) is 3. The Balaban J connectivity index is 1.61. The van der Waals surface area contributed by atoms with Crippen molar-refractivity contribution in [3.8, 4) is 16.9 Å². The average Bonchev–Trinajstić information content (AvgIpc) is 3.24. The molecule has 172 valence electrons. The summed E-state index contributed by atoms with van der Waals surface area (Å²) in [5.41, 5.74) is 3.68. The Kier molecular flexibility index (Phi) is 6.58. The van der Waals surface area contributed by atoms with Crippen molar-refractivity contribution in [3.05, 3.63) is 71.7 Å². The van der Waals surface area contributed by atoms with Crippen LogP contribution in [0.1, 0.15) is 42.6 Å². The largest absolute Gasteiger partial charge is 0.354 e. The quantitative estimate of drug-likeness (QED) is 0.631. The minimum Gasteiger partial charge on any atom is -0.354 e. The average molecular weight is 449 g/mol. The lowest BCUT2D eigenvalue weighted by molar-refractivity contribution is -0.126. The number of piperidine rings is 1. The van der Waals surface area contributed by atoms with Gasteiger partial charge in [0.1, 0.15) is 11.5 Å². The number of hydrogen-bond acceptors (Lipinski definition) is 3. The van der Waals surface area contributed by atoms with Crippen molar-refractivity contribution in [2.75, 3.05) is 13.1 Å². The van der Waals surface area contributed by atoms with Crippen molar-refractivity contribution in [3.63, 3.8) is 0 Å². The first-order valence-corrected chi connectivity index (χ1v) is 11.3. The molecule has 0 spiro atoms. The molecule has 0 atom stereocenters. The van der Waals surface area contributed by atoms with Gasteiger partial charge >= 0.3 is 0 Å². The van der Waals surface area contributed by atoms with Crippen molar-refractivity contribution in [1.29, 1.82) is 0 Å². The number of nitrogens with one attached hydrogen (secondary N) is 1. The summed E-state index contributed by atoms with van der Waals surface area (Å²) in [5, 5.41) is 7.66. The predicted molar refractivity (Wildman–Crippen MR) is 126 cm³/mol. The molecule has 2 heterocycles. The molecule has 0 unspecified atom stereocenters. The van der Waals surface area contributed by atoms with E-state index in [4.69, 9.17) is 5.10 Å². The van der Waals surface area contributed by atoms with Crippen molar-refractivity contribution >= 4 is 11.8 Å². The first kappa shape index (κ1) is 22.7. The molecule has 7 heteroatoms. The molecule has 33 heavy (non-hydrogen) atoms. The van der Waals surface area contributed by atoms with Crippen LogP contribution in [0.2, 0.25) is 0 Å². The Hall–Kier alpha value is -3.48. The molecule has 3 aromatic rings. The number of halogens is 1. The van der Waals surface area contributed by atoms with Gasteiger partial charge in [-0.05, 0) is 63.9 Å². The van der Waals surface area contributed by atoms with Crippen LogP contribution in [0.15, 0.2) is 54.7 Å². The molecule has 2 amide bonds. The minimum atomic E-state index is -0.328. The van der Waals surface area contributed by atoms with Crippen molar-refractivity contribution in [1.82, 2.24) is 20.0 Å². The van der Waals surface area contributed by atoms with Gasteiger partial charge in [0, 0.05) is 36.8 Å². The first-order chi connectivity index (χ1) is 15.8. The minimum absolute atomic E-state index is 0.0571. The molecule has 2 aromatic carbocycles. The number of likely N-dealkylation sites (tertiary alicyclic amines) is 1. The van der Waals surface area contributed by atoms with Crippen LogP contribution in [-0.4, -0.2) is 45.6 Å². The lowest BCUT2D eigenvalue weighted by Crippen LogP contribution is -2.44. The molecule has 0 saturated carbocycles. The summed E-state index contributed by atoms with van der Waals surface area (Å²) < 4.78 is 15.0. The van der Waals surface area contributed by atoms with Gasteiger partial charge in [0.2, 0.25) is 5.91 Å². The molecule has 1 aliphatic rings. The maximum absolute atomic E-state index is 13.5. The zero-order valence-corrected chi connectivity index (χ0v) is 19.2. The number of hydrogen-bond donors (Lipinski definition) is 1. The van der Waals surface area contributed by atoms with Crippen LogP contribution < -0.4 is 5.32 Å². The van der Waals surface area contributed by atoms with E-state index in [2.05, 4.69) is 5.32 Å². The number of rotatable bonds is 5. The van der Waals surface area contributed by atoms with E-state index >= 15 is 0 Å². The highest BCUT2D eigenvalue weighted by Gasteiger charge is 2.30. The normalized spacial score (nSPS) is 14.5. The summed E-state index contributed by atoms with van der Waals surface area (Å²) in [6, 6.07) is 14.0. The van der Waals surface area contributed by atoms with Crippen LogP contribution in [0.5, 0.6) is 0 Å². The van der Waals surface area contributed by atoms with Crippen molar-refractivity contribution in [2.45, 2.75) is 39.7 Å². The van der Waals surface area contributed by atoms with Gasteiger partial charge in [0.05, 0.1) is 11.3 Å². The molecule has 1 N–H and O–H groups in total. The van der Waals surface area contributed by atoms with Gasteiger partial charge in [-0.3, -0.25) is 9.59 Å². The van der Waals surface area contributed by atoms with Crippen LogP contribution in [-0.2, 0) is 4.79 Å². The van der Waals surface area contributed by atoms with Crippen LogP contribution in [0.25, 0.3) is 16.9 Å². The molecular weight excluding hydrogens is 419 g/mol. The molecule has 0 bridgehead atoms. The summed E-state index contributed by atoms with van der Waals surface area (Å²) in [4.78, 5) is 27.7. The zero-order chi connectivity index (χ0) is 23.5. The lowest BCUT2D eigenvalue weighted by Gasteiger charge is -2.31. The Labute approximate surface area is 193 Å². The van der Waals surface area contributed by atoms with Crippen LogP contribution in [0, 0.1) is 18.7 Å². The monoisotopic (exact) mass is 448 g/mol. The van der Waals surface area contributed by atoms with E-state index in [-0.39, 0.29) is 29.6 Å². The van der Waals surface area contributed by atoms with Crippen molar-refractivity contribution in [2.24, 2.45) is 5.92 Å². The standard InChI is InChI=1S/C26H29FN4O2/c1-17(2)28-25(32)19-11-13-30(14-12-19)26(33)23-16-31(22-9-7-21(27)8-10-22)29-24(23)20-6-4-5-18(3)15-20/h4-10,15-17,19H,11-14H2,1-3H3,(H,28,32). The second kappa shape index (κ2) is 9.57. The Bertz CT molecular complexity index is 1150. The fourth-order valence-corrected chi connectivity index (χ4v) is 4.18. The Morgan fingerprint density at radius 1 is 1.09 bits per heavy atom. The molecule has 1 saturated heterocycles. The molecule has 4 rings (SSSR count). The number of carbonyl (C=O) groups excluding carboxylic acids is 2. The summed E-state index contributed by atoms with van der Waals surface area (Å²) in [7, 11) is 0. The van der Waals surface area contributed by atoms with Gasteiger partial charge in [-0.2, -0.15) is 5.10 Å². The van der Waals surface area contributed by atoms with E-state index in [0.29, 0.717) is 42.9 Å². The van der Waals surface area contributed by atoms with Gasteiger partial charge in [-0.25, -0.2) is 9.07 Å². The van der Waals surface area contributed by atoms with Gasteiger partial charge in [0.25, 0.3) is 5.91 Å². The molecule has 0 aliphatic carbocycles. The molecule has 1 fully saturated rings. The van der Waals surface area contributed by atoms with Gasteiger partial charge < -0.3 is 10.2 Å². The van der Waals surface area contributed by atoms with E-state index in [1.807, 2.05) is 45.0 Å².